The van der Waals surface area contributed by atoms with E-state index in [2.05, 4.69) is 30.9 Å². The third-order valence-electron chi connectivity index (χ3n) is 4.05. The van der Waals surface area contributed by atoms with Crippen LogP contribution in [0.25, 0.3) is 0 Å². The minimum absolute atomic E-state index is 0.460. The van der Waals surface area contributed by atoms with Gasteiger partial charge in [-0.15, -0.1) is 0 Å². The summed E-state index contributed by atoms with van der Waals surface area (Å²) in [6, 6.07) is 17.3. The molecule has 1 fully saturated rings. The number of nitrogen functional groups attached to an aromatic ring is 1. The molecule has 7 nitrogen and oxygen atoms in total. The van der Waals surface area contributed by atoms with Crippen LogP contribution in [0.5, 0.6) is 0 Å². The molecular formula is C19H21N7. The highest BCUT2D eigenvalue weighted by Crippen LogP contribution is 2.29. The van der Waals surface area contributed by atoms with E-state index >= 15 is 0 Å². The largest absolute Gasteiger partial charge is 0.399 e. The smallest absolute Gasteiger partial charge is 0.233 e. The zero-order valence-electron chi connectivity index (χ0n) is 14.3. The van der Waals surface area contributed by atoms with Gasteiger partial charge in [0, 0.05) is 23.6 Å². The Hall–Kier alpha value is -3.35. The Morgan fingerprint density at radius 3 is 2.15 bits per heavy atom. The molecule has 0 aliphatic heterocycles. The summed E-state index contributed by atoms with van der Waals surface area (Å²) in [6.45, 7) is 0.881. The van der Waals surface area contributed by atoms with Gasteiger partial charge in [-0.05, 0) is 49.1 Å². The van der Waals surface area contributed by atoms with Gasteiger partial charge in [0.25, 0.3) is 0 Å². The lowest BCUT2D eigenvalue weighted by atomic mass is 10.3. The van der Waals surface area contributed by atoms with Gasteiger partial charge >= 0.3 is 0 Å². The molecule has 132 valence electrons. The van der Waals surface area contributed by atoms with E-state index in [1.165, 1.54) is 12.8 Å². The van der Waals surface area contributed by atoms with Crippen LogP contribution in [0.15, 0.2) is 54.6 Å². The van der Waals surface area contributed by atoms with Crippen molar-refractivity contribution in [3.8, 4) is 0 Å². The number of para-hydroxylation sites is 1. The van der Waals surface area contributed by atoms with E-state index in [0.717, 1.165) is 23.8 Å². The van der Waals surface area contributed by atoms with Gasteiger partial charge in [0.1, 0.15) is 0 Å². The molecule has 1 aliphatic rings. The molecule has 1 aliphatic carbocycles. The van der Waals surface area contributed by atoms with E-state index < -0.39 is 0 Å². The van der Waals surface area contributed by atoms with Gasteiger partial charge in [0.15, 0.2) is 0 Å². The fraction of sp³-hybridized carbons (Fsp3) is 0.211. The Balaban J connectivity index is 1.58. The molecule has 0 atom stereocenters. The lowest BCUT2D eigenvalue weighted by Gasteiger charge is -2.11. The molecule has 1 heterocycles. The van der Waals surface area contributed by atoms with Crippen molar-refractivity contribution in [2.75, 3.05) is 28.2 Å². The summed E-state index contributed by atoms with van der Waals surface area (Å²) < 4.78 is 0. The van der Waals surface area contributed by atoms with Crippen molar-refractivity contribution in [3.05, 3.63) is 54.6 Å². The number of anilines is 6. The Morgan fingerprint density at radius 2 is 1.46 bits per heavy atom. The van der Waals surface area contributed by atoms with Crippen LogP contribution >= 0.6 is 0 Å². The van der Waals surface area contributed by atoms with Crippen molar-refractivity contribution in [2.45, 2.75) is 12.8 Å². The third kappa shape index (κ3) is 4.38. The molecule has 3 aromatic rings. The van der Waals surface area contributed by atoms with Crippen molar-refractivity contribution in [2.24, 2.45) is 5.92 Å². The normalized spacial score (nSPS) is 13.2. The molecule has 0 spiro atoms. The number of benzene rings is 2. The van der Waals surface area contributed by atoms with Gasteiger partial charge in [-0.1, -0.05) is 24.3 Å². The number of rotatable bonds is 7. The lowest BCUT2D eigenvalue weighted by Crippen LogP contribution is -2.11. The average molecular weight is 347 g/mol. The molecule has 2 aromatic carbocycles. The SMILES string of the molecule is Nc1cccc(Nc2nc(NCC3CC3)nc(Nc3ccccc3)n2)c1. The van der Waals surface area contributed by atoms with Gasteiger partial charge < -0.3 is 21.7 Å². The minimum Gasteiger partial charge on any atom is -0.399 e. The van der Waals surface area contributed by atoms with Gasteiger partial charge in [-0.25, -0.2) is 0 Å². The maximum absolute atomic E-state index is 5.84. The van der Waals surface area contributed by atoms with E-state index in [-0.39, 0.29) is 0 Å². The van der Waals surface area contributed by atoms with Crippen molar-refractivity contribution in [1.29, 1.82) is 0 Å². The second-order valence-electron chi connectivity index (χ2n) is 6.37. The van der Waals surface area contributed by atoms with Crippen LogP contribution in [0.2, 0.25) is 0 Å². The van der Waals surface area contributed by atoms with E-state index in [4.69, 9.17) is 5.73 Å². The lowest BCUT2D eigenvalue weighted by molar-refractivity contribution is 0.870. The van der Waals surface area contributed by atoms with Gasteiger partial charge in [0.2, 0.25) is 17.8 Å². The standard InChI is InChI=1S/C19H21N7/c20-14-5-4-8-16(11-14)23-19-25-17(21-12-13-9-10-13)24-18(26-19)22-15-6-2-1-3-7-15/h1-8,11,13H,9-10,12,20H2,(H3,21,22,23,24,25,26). The first kappa shape index (κ1) is 16.1. The topological polar surface area (TPSA) is 101 Å². The van der Waals surface area contributed by atoms with Crippen LogP contribution < -0.4 is 21.7 Å². The van der Waals surface area contributed by atoms with Gasteiger partial charge in [-0.2, -0.15) is 15.0 Å². The maximum atomic E-state index is 5.84. The second kappa shape index (κ2) is 7.26. The summed E-state index contributed by atoms with van der Waals surface area (Å²) in [7, 11) is 0. The van der Waals surface area contributed by atoms with E-state index in [0.29, 0.717) is 23.5 Å². The van der Waals surface area contributed by atoms with Crippen molar-refractivity contribution in [1.82, 2.24) is 15.0 Å². The molecule has 0 unspecified atom stereocenters. The molecule has 0 saturated heterocycles. The molecule has 7 heteroatoms. The number of nitrogens with two attached hydrogens (primary N) is 1. The van der Waals surface area contributed by atoms with Crippen molar-refractivity contribution < 1.29 is 0 Å². The molecule has 0 bridgehead atoms. The highest BCUT2D eigenvalue weighted by molar-refractivity contribution is 5.62. The van der Waals surface area contributed by atoms with Gasteiger partial charge in [0.05, 0.1) is 0 Å². The second-order valence-corrected chi connectivity index (χ2v) is 6.37. The number of hydrogen-bond acceptors (Lipinski definition) is 7. The van der Waals surface area contributed by atoms with E-state index in [1.54, 1.807) is 0 Å². The average Bonchev–Trinajstić information content (AvgIpc) is 3.45. The predicted octanol–water partition coefficient (Wildman–Crippen LogP) is 3.76. The zero-order valence-corrected chi connectivity index (χ0v) is 14.3. The summed E-state index contributed by atoms with van der Waals surface area (Å²) in [5.74, 6) is 2.22. The molecule has 5 N–H and O–H groups in total. The van der Waals surface area contributed by atoms with Crippen molar-refractivity contribution in [3.63, 3.8) is 0 Å². The highest BCUT2D eigenvalue weighted by atomic mass is 15.3. The van der Waals surface area contributed by atoms with Crippen LogP contribution in [0.3, 0.4) is 0 Å². The summed E-state index contributed by atoms with van der Waals surface area (Å²) >= 11 is 0. The molecule has 26 heavy (non-hydrogen) atoms. The van der Waals surface area contributed by atoms with Crippen LogP contribution in [0, 0.1) is 5.92 Å². The summed E-state index contributed by atoms with van der Waals surface area (Å²) in [4.78, 5) is 13.4. The van der Waals surface area contributed by atoms with E-state index in [1.807, 2.05) is 54.6 Å². The molecule has 0 amide bonds. The Labute approximate surface area is 152 Å². The fourth-order valence-corrected chi connectivity index (χ4v) is 2.52. The first-order valence-electron chi connectivity index (χ1n) is 8.69. The van der Waals surface area contributed by atoms with Crippen LogP contribution in [0.1, 0.15) is 12.8 Å². The van der Waals surface area contributed by atoms with Crippen molar-refractivity contribution >= 4 is 34.9 Å². The molecule has 4 rings (SSSR count). The Bertz CT molecular complexity index is 878. The first-order chi connectivity index (χ1) is 12.7. The molecule has 1 saturated carbocycles. The molecular weight excluding hydrogens is 326 g/mol. The quantitative estimate of drug-likeness (QED) is 0.483. The number of hydrogen-bond donors (Lipinski definition) is 4. The van der Waals surface area contributed by atoms with Gasteiger partial charge in [-0.3, -0.25) is 0 Å². The van der Waals surface area contributed by atoms with Crippen LogP contribution in [-0.2, 0) is 0 Å². The summed E-state index contributed by atoms with van der Waals surface area (Å²) in [6.07, 6.45) is 2.53. The maximum Gasteiger partial charge on any atom is 0.233 e. The summed E-state index contributed by atoms with van der Waals surface area (Å²) in [5, 5.41) is 9.71. The fourth-order valence-electron chi connectivity index (χ4n) is 2.52. The van der Waals surface area contributed by atoms with Crippen LogP contribution in [0.4, 0.5) is 34.9 Å². The zero-order chi connectivity index (χ0) is 17.8. The Morgan fingerprint density at radius 1 is 0.808 bits per heavy atom. The highest BCUT2D eigenvalue weighted by Gasteiger charge is 2.21. The first-order valence-corrected chi connectivity index (χ1v) is 8.69. The molecule has 1 aromatic heterocycles. The number of aromatic nitrogens is 3. The predicted molar refractivity (Wildman–Crippen MR) is 105 cm³/mol. The minimum atomic E-state index is 0.460. The van der Waals surface area contributed by atoms with E-state index in [9.17, 15) is 0 Å². The number of nitrogens with zero attached hydrogens (tertiary/aromatic N) is 3. The Kier molecular flexibility index (Phi) is 4.51. The molecule has 0 radical (unpaired) electrons. The van der Waals surface area contributed by atoms with Crippen LogP contribution in [-0.4, -0.2) is 21.5 Å². The number of nitrogens with one attached hydrogen (secondary N) is 3. The third-order valence-corrected chi connectivity index (χ3v) is 4.05. The summed E-state index contributed by atoms with van der Waals surface area (Å²) in [5.41, 5.74) is 8.27. The monoisotopic (exact) mass is 347 g/mol.